The fourth-order valence-electron chi connectivity index (χ4n) is 10.1. The molecule has 0 bridgehead atoms. The molecule has 39 heavy (non-hydrogen) atoms. The number of carbonyl (C=O) groups is 2. The number of fused-ring (bicyclic) bond motifs is 5. The molecule has 7 nitrogen and oxygen atoms in total. The van der Waals surface area contributed by atoms with Gasteiger partial charge in [0.1, 0.15) is 17.8 Å². The highest BCUT2D eigenvalue weighted by Crippen LogP contribution is 2.72. The number of aliphatic hydroxyl groups is 3. The van der Waals surface area contributed by atoms with Crippen LogP contribution < -0.4 is 0 Å². The fraction of sp³-hybridized carbons (Fsp3) is 0.812. The molecule has 0 radical (unpaired) electrons. The summed E-state index contributed by atoms with van der Waals surface area (Å²) in [5, 5.41) is 32.4. The highest BCUT2D eigenvalue weighted by Gasteiger charge is 2.69. The Labute approximate surface area is 233 Å². The maximum atomic E-state index is 13.0. The van der Waals surface area contributed by atoms with Gasteiger partial charge in [0, 0.05) is 17.8 Å². The summed E-state index contributed by atoms with van der Waals surface area (Å²) >= 11 is 0. The first kappa shape index (κ1) is 29.0. The molecule has 0 aromatic heterocycles. The lowest BCUT2D eigenvalue weighted by molar-refractivity contribution is -0.353. The average molecular weight is 545 g/mol. The Kier molecular flexibility index (Phi) is 6.49. The van der Waals surface area contributed by atoms with E-state index in [0.29, 0.717) is 12.8 Å². The van der Waals surface area contributed by atoms with E-state index < -0.39 is 28.3 Å². The molecule has 5 rings (SSSR count). The zero-order chi connectivity index (χ0) is 29.0. The predicted octanol–water partition coefficient (Wildman–Crippen LogP) is 4.34. The van der Waals surface area contributed by atoms with Crippen molar-refractivity contribution in [1.29, 1.82) is 0 Å². The molecule has 0 aromatic rings. The number of esters is 1. The van der Waals surface area contributed by atoms with Gasteiger partial charge >= 0.3 is 5.97 Å². The summed E-state index contributed by atoms with van der Waals surface area (Å²) in [6.07, 6.45) is 8.42. The first-order valence-electron chi connectivity index (χ1n) is 14.7. The van der Waals surface area contributed by atoms with E-state index in [1.165, 1.54) is 26.3 Å². The Bertz CT molecular complexity index is 1120. The van der Waals surface area contributed by atoms with Gasteiger partial charge in [-0.1, -0.05) is 52.3 Å². The third kappa shape index (κ3) is 3.82. The lowest BCUT2D eigenvalue weighted by Crippen LogP contribution is -2.65. The number of carbonyl (C=O) groups excluding carboxylic acids is 2. The van der Waals surface area contributed by atoms with Crippen LogP contribution in [-0.4, -0.2) is 57.3 Å². The molecular weight excluding hydrogens is 496 g/mol. The number of ketones is 1. The first-order valence-corrected chi connectivity index (χ1v) is 14.7. The minimum atomic E-state index is -2.01. The number of rotatable bonds is 3. The van der Waals surface area contributed by atoms with Crippen LogP contribution in [0.2, 0.25) is 0 Å². The lowest BCUT2D eigenvalue weighted by atomic mass is 9.38. The van der Waals surface area contributed by atoms with Crippen LogP contribution in [-0.2, 0) is 19.1 Å². The molecule has 1 aliphatic heterocycles. The standard InChI is InChI=1S/C32H48O7/c1-18(33)39-26-16-23-27(2,3)24(34)12-14-30(23,7)22-11-13-29(6)20(9-10-21(29)31(22,26)8)19-15-25(35)32(37,38-17-19)28(4,5)36/h10,12,14,19-20,22-23,25-26,35-37H,9,11,13,15-17H2,1-8H3/t19-,20-,22+,23-,25+,26+,29-,30+,31-,32?/m0/s1. The maximum Gasteiger partial charge on any atom is 0.302 e. The monoisotopic (exact) mass is 544 g/mol. The summed E-state index contributed by atoms with van der Waals surface area (Å²) in [4.78, 5) is 25.4. The van der Waals surface area contributed by atoms with E-state index in [2.05, 4.69) is 32.9 Å². The van der Waals surface area contributed by atoms with Crippen molar-refractivity contribution >= 4 is 11.8 Å². The normalized spacial score (nSPS) is 49.0. The lowest BCUT2D eigenvalue weighted by Gasteiger charge is -2.66. The second kappa shape index (κ2) is 8.73. The van der Waals surface area contributed by atoms with Crippen LogP contribution in [0.15, 0.2) is 23.8 Å². The van der Waals surface area contributed by atoms with Gasteiger partial charge < -0.3 is 24.8 Å². The van der Waals surface area contributed by atoms with Gasteiger partial charge in [0.2, 0.25) is 5.79 Å². The molecule has 218 valence electrons. The van der Waals surface area contributed by atoms with Gasteiger partial charge in [-0.25, -0.2) is 0 Å². The number of allylic oxidation sites excluding steroid dienone is 3. The third-order valence-corrected chi connectivity index (χ3v) is 12.2. The number of hydrogen-bond donors (Lipinski definition) is 3. The van der Waals surface area contributed by atoms with Crippen molar-refractivity contribution in [2.45, 2.75) is 111 Å². The maximum absolute atomic E-state index is 13.0. The molecule has 4 aliphatic carbocycles. The van der Waals surface area contributed by atoms with Crippen molar-refractivity contribution in [2.24, 2.45) is 45.3 Å². The summed E-state index contributed by atoms with van der Waals surface area (Å²) < 4.78 is 12.0. The molecule has 0 spiro atoms. The molecular formula is C32H48O7. The zero-order valence-electron chi connectivity index (χ0n) is 24.9. The summed E-state index contributed by atoms with van der Waals surface area (Å²) in [5.74, 6) is -1.71. The first-order chi connectivity index (χ1) is 17.8. The molecule has 7 heteroatoms. The Morgan fingerprint density at radius 2 is 1.79 bits per heavy atom. The summed E-state index contributed by atoms with van der Waals surface area (Å²) in [5.41, 5.74) is -1.61. The van der Waals surface area contributed by atoms with Gasteiger partial charge in [-0.15, -0.1) is 0 Å². The second-order valence-electron chi connectivity index (χ2n) is 15.0. The molecule has 3 N–H and O–H groups in total. The molecule has 1 unspecified atom stereocenters. The molecule has 1 saturated heterocycles. The van der Waals surface area contributed by atoms with Gasteiger partial charge in [0.05, 0.1) is 6.61 Å². The van der Waals surface area contributed by atoms with Crippen LogP contribution in [0.3, 0.4) is 0 Å². The summed E-state index contributed by atoms with van der Waals surface area (Å²) in [7, 11) is 0. The van der Waals surface area contributed by atoms with Crippen LogP contribution in [0, 0.1) is 45.3 Å². The molecule has 5 aliphatic rings. The van der Waals surface area contributed by atoms with E-state index in [1.807, 2.05) is 13.8 Å². The second-order valence-corrected chi connectivity index (χ2v) is 15.0. The number of aliphatic hydroxyl groups excluding tert-OH is 1. The molecule has 10 atom stereocenters. The van der Waals surface area contributed by atoms with Crippen molar-refractivity contribution in [3.8, 4) is 0 Å². The van der Waals surface area contributed by atoms with Crippen molar-refractivity contribution in [3.63, 3.8) is 0 Å². The smallest absolute Gasteiger partial charge is 0.302 e. The Balaban J connectivity index is 1.51. The van der Waals surface area contributed by atoms with Crippen molar-refractivity contribution in [1.82, 2.24) is 0 Å². The van der Waals surface area contributed by atoms with E-state index in [-0.39, 0.29) is 59.0 Å². The SMILES string of the molecule is CC(=O)O[C@@H]1C[C@H]2C(C)(C)C(=O)C=C[C@]2(C)[C@H]2CC[C@]3(C)C(=CC[C@H]3[C@@H]3COC(O)(C(C)(C)O)[C@H](O)C3)[C@@]21C. The van der Waals surface area contributed by atoms with E-state index in [0.717, 1.165) is 19.3 Å². The summed E-state index contributed by atoms with van der Waals surface area (Å²) in [6.45, 7) is 15.6. The van der Waals surface area contributed by atoms with Crippen LogP contribution in [0.4, 0.5) is 0 Å². The van der Waals surface area contributed by atoms with Crippen LogP contribution in [0.25, 0.3) is 0 Å². The fourth-order valence-corrected chi connectivity index (χ4v) is 10.1. The molecule has 0 aromatic carbocycles. The zero-order valence-corrected chi connectivity index (χ0v) is 24.9. The Morgan fingerprint density at radius 3 is 2.38 bits per heavy atom. The van der Waals surface area contributed by atoms with Gasteiger partial charge in [0.15, 0.2) is 5.78 Å². The van der Waals surface area contributed by atoms with Crippen LogP contribution in [0.5, 0.6) is 0 Å². The quantitative estimate of drug-likeness (QED) is 0.358. The van der Waals surface area contributed by atoms with Gasteiger partial charge in [-0.2, -0.15) is 0 Å². The topological polar surface area (TPSA) is 113 Å². The highest BCUT2D eigenvalue weighted by atomic mass is 16.7. The van der Waals surface area contributed by atoms with E-state index in [9.17, 15) is 24.9 Å². The summed E-state index contributed by atoms with van der Waals surface area (Å²) in [6, 6.07) is 0. The van der Waals surface area contributed by atoms with E-state index in [4.69, 9.17) is 9.47 Å². The van der Waals surface area contributed by atoms with Gasteiger partial charge in [-0.05, 0) is 86.5 Å². The Hall–Kier alpha value is -1.54. The molecule has 1 heterocycles. The van der Waals surface area contributed by atoms with Gasteiger partial charge in [0.25, 0.3) is 0 Å². The van der Waals surface area contributed by atoms with Crippen molar-refractivity contribution < 1.29 is 34.4 Å². The molecule has 2 saturated carbocycles. The minimum absolute atomic E-state index is 0.00626. The minimum Gasteiger partial charge on any atom is -0.462 e. The molecule has 3 fully saturated rings. The van der Waals surface area contributed by atoms with Crippen LogP contribution in [0.1, 0.15) is 87.5 Å². The number of hydrogen-bond acceptors (Lipinski definition) is 7. The van der Waals surface area contributed by atoms with Crippen molar-refractivity contribution in [3.05, 3.63) is 23.8 Å². The van der Waals surface area contributed by atoms with Crippen molar-refractivity contribution in [2.75, 3.05) is 6.61 Å². The van der Waals surface area contributed by atoms with E-state index >= 15 is 0 Å². The van der Waals surface area contributed by atoms with Crippen LogP contribution >= 0.6 is 0 Å². The van der Waals surface area contributed by atoms with E-state index in [1.54, 1.807) is 6.08 Å². The Morgan fingerprint density at radius 1 is 1.13 bits per heavy atom. The largest absolute Gasteiger partial charge is 0.462 e. The third-order valence-electron chi connectivity index (χ3n) is 12.2. The van der Waals surface area contributed by atoms with Gasteiger partial charge in [-0.3, -0.25) is 9.59 Å². The highest BCUT2D eigenvalue weighted by molar-refractivity contribution is 5.95. The molecule has 0 amide bonds. The number of ether oxygens (including phenoxy) is 2. The predicted molar refractivity (Wildman–Crippen MR) is 146 cm³/mol. The average Bonchev–Trinajstić information content (AvgIpc) is 3.17.